The maximum Gasteiger partial charge on any atom is 0.124 e. The van der Waals surface area contributed by atoms with E-state index in [1.165, 1.54) is 93.9 Å². The summed E-state index contributed by atoms with van der Waals surface area (Å²) in [6, 6.07) is 18.8. The first kappa shape index (κ1) is 23.0. The fourth-order valence-electron chi connectivity index (χ4n) is 5.62. The van der Waals surface area contributed by atoms with Gasteiger partial charge in [-0.2, -0.15) is 0 Å². The molecule has 0 bridgehead atoms. The van der Waals surface area contributed by atoms with Crippen molar-refractivity contribution in [2.75, 3.05) is 0 Å². The van der Waals surface area contributed by atoms with E-state index in [0.717, 1.165) is 70.7 Å². The summed E-state index contributed by atoms with van der Waals surface area (Å²) in [5.74, 6) is -1.39. The summed E-state index contributed by atoms with van der Waals surface area (Å²) in [7, 11) is 0. The third-order valence-corrected chi connectivity index (χ3v) is 12.1. The Labute approximate surface area is 237 Å². The average Bonchev–Trinajstić information content (AvgIpc) is 2.93. The van der Waals surface area contributed by atoms with Crippen LogP contribution >= 0.6 is 45.3 Å². The first-order valence-electron chi connectivity index (χ1n) is 12.2. The van der Waals surface area contributed by atoms with E-state index in [4.69, 9.17) is 0 Å². The molecular formula is C30H12F4N2S4. The SMILES string of the molecule is Fc1ccc2c(c1)sc1c3sc4cc(F)ccc4n4c5ccc(F)cc5sc(c5sc6cc(F)ccc6n2c15)c34. The van der Waals surface area contributed by atoms with Crippen molar-refractivity contribution in [1.82, 2.24) is 8.80 Å². The molecule has 5 aromatic carbocycles. The van der Waals surface area contributed by atoms with Gasteiger partial charge >= 0.3 is 0 Å². The number of rotatable bonds is 0. The molecule has 0 atom stereocenters. The van der Waals surface area contributed by atoms with E-state index in [-0.39, 0.29) is 23.3 Å². The van der Waals surface area contributed by atoms with Gasteiger partial charge in [-0.05, 0) is 72.8 Å². The van der Waals surface area contributed by atoms with Crippen LogP contribution in [0.15, 0.2) is 72.8 Å². The van der Waals surface area contributed by atoms with Crippen LogP contribution in [0.3, 0.4) is 0 Å². The van der Waals surface area contributed by atoms with Gasteiger partial charge in [0.25, 0.3) is 0 Å². The van der Waals surface area contributed by atoms with E-state index in [2.05, 4.69) is 8.80 Å². The second-order valence-electron chi connectivity index (χ2n) is 9.54. The summed E-state index contributed by atoms with van der Waals surface area (Å²) >= 11 is 5.94. The molecule has 0 aliphatic rings. The molecule has 194 valence electrons. The average molecular weight is 605 g/mol. The maximum atomic E-state index is 14.5. The topological polar surface area (TPSA) is 8.82 Å². The van der Waals surface area contributed by atoms with Gasteiger partial charge in [-0.15, -0.1) is 45.3 Å². The summed E-state index contributed by atoms with van der Waals surface area (Å²) in [6.07, 6.45) is 0. The fourth-order valence-corrected chi connectivity index (χ4v) is 10.8. The van der Waals surface area contributed by atoms with Gasteiger partial charge < -0.3 is 8.80 Å². The molecule has 0 aliphatic heterocycles. The molecule has 9 aromatic rings. The van der Waals surface area contributed by atoms with Crippen LogP contribution in [0.25, 0.3) is 70.7 Å². The predicted octanol–water partition coefficient (Wildman–Crippen LogP) is 11.0. The number of nitrogens with zero attached hydrogens (tertiary/aromatic N) is 2. The van der Waals surface area contributed by atoms with Gasteiger partial charge in [0.05, 0.1) is 70.7 Å². The highest BCUT2D eigenvalue weighted by atomic mass is 32.1. The zero-order valence-electron chi connectivity index (χ0n) is 20.0. The molecule has 0 amide bonds. The van der Waals surface area contributed by atoms with Crippen molar-refractivity contribution in [3.63, 3.8) is 0 Å². The van der Waals surface area contributed by atoms with Crippen LogP contribution in [0, 0.1) is 23.3 Å². The lowest BCUT2D eigenvalue weighted by Gasteiger charge is -2.20. The molecule has 0 spiro atoms. The molecule has 0 saturated carbocycles. The second-order valence-corrected chi connectivity index (χ2v) is 13.7. The molecule has 0 saturated heterocycles. The van der Waals surface area contributed by atoms with Crippen LogP contribution < -0.4 is 0 Å². The Balaban J connectivity index is 1.71. The van der Waals surface area contributed by atoms with Crippen LogP contribution in [0.1, 0.15) is 0 Å². The summed E-state index contributed by atoms with van der Waals surface area (Å²) in [6.45, 7) is 0. The smallest absolute Gasteiger partial charge is 0.124 e. The molecule has 4 heterocycles. The lowest BCUT2D eigenvalue weighted by atomic mass is 10.2. The Bertz CT molecular complexity index is 2260. The number of hydrogen-bond donors (Lipinski definition) is 0. The minimum atomic E-state index is -0.347. The molecule has 0 aliphatic carbocycles. The van der Waals surface area contributed by atoms with Crippen molar-refractivity contribution in [3.05, 3.63) is 96.1 Å². The number of hydrogen-bond acceptors (Lipinski definition) is 4. The summed E-state index contributed by atoms with van der Waals surface area (Å²) < 4.78 is 68.9. The first-order chi connectivity index (χ1) is 19.4. The van der Waals surface area contributed by atoms with Crippen molar-refractivity contribution in [3.8, 4) is 0 Å². The highest BCUT2D eigenvalue weighted by Crippen LogP contribution is 2.49. The monoisotopic (exact) mass is 604 g/mol. The van der Waals surface area contributed by atoms with Gasteiger partial charge in [0, 0.05) is 0 Å². The van der Waals surface area contributed by atoms with Crippen LogP contribution in [0.2, 0.25) is 0 Å². The van der Waals surface area contributed by atoms with Crippen LogP contribution in [0.5, 0.6) is 0 Å². The molecule has 10 heteroatoms. The van der Waals surface area contributed by atoms with E-state index in [9.17, 15) is 17.6 Å². The zero-order valence-corrected chi connectivity index (χ0v) is 23.2. The Morgan fingerprint density at radius 3 is 0.875 bits per heavy atom. The van der Waals surface area contributed by atoms with Crippen molar-refractivity contribution in [2.24, 2.45) is 0 Å². The summed E-state index contributed by atoms with van der Waals surface area (Å²) in [5.41, 5.74) is 5.05. The van der Waals surface area contributed by atoms with E-state index in [1.807, 2.05) is 0 Å². The van der Waals surface area contributed by atoms with E-state index in [0.29, 0.717) is 0 Å². The molecule has 0 unspecified atom stereocenters. The highest BCUT2D eigenvalue weighted by Gasteiger charge is 2.22. The molecular weight excluding hydrogens is 593 g/mol. The van der Waals surface area contributed by atoms with Crippen molar-refractivity contribution in [2.45, 2.75) is 0 Å². The summed E-state index contributed by atoms with van der Waals surface area (Å²) in [4.78, 5) is 0. The Morgan fingerprint density at radius 2 is 0.625 bits per heavy atom. The molecule has 2 nitrogen and oxygen atoms in total. The molecule has 9 rings (SSSR count). The fraction of sp³-hybridized carbons (Fsp3) is 0. The molecule has 0 radical (unpaired) electrons. The number of aromatic nitrogens is 2. The van der Waals surface area contributed by atoms with Crippen molar-refractivity contribution < 1.29 is 17.6 Å². The number of halogens is 4. The van der Waals surface area contributed by atoms with Crippen LogP contribution in [-0.4, -0.2) is 8.80 Å². The van der Waals surface area contributed by atoms with Gasteiger partial charge in [0.15, 0.2) is 0 Å². The second kappa shape index (κ2) is 7.94. The van der Waals surface area contributed by atoms with Crippen molar-refractivity contribution >= 4 is 116 Å². The largest absolute Gasteiger partial charge is 0.305 e. The van der Waals surface area contributed by atoms with E-state index < -0.39 is 0 Å². The Hall–Kier alpha value is -3.70. The van der Waals surface area contributed by atoms with Gasteiger partial charge in [-0.25, -0.2) is 17.6 Å². The molecule has 4 aromatic heterocycles. The molecule has 0 fully saturated rings. The number of benzene rings is 5. The van der Waals surface area contributed by atoms with Crippen LogP contribution in [-0.2, 0) is 0 Å². The molecule has 40 heavy (non-hydrogen) atoms. The molecule has 0 N–H and O–H groups in total. The summed E-state index contributed by atoms with van der Waals surface area (Å²) in [5, 5.41) is 0. The minimum Gasteiger partial charge on any atom is -0.305 e. The lowest BCUT2D eigenvalue weighted by molar-refractivity contribution is 0.629. The van der Waals surface area contributed by atoms with Gasteiger partial charge in [0.2, 0.25) is 0 Å². The third kappa shape index (κ3) is 3.02. The van der Waals surface area contributed by atoms with E-state index in [1.54, 1.807) is 24.3 Å². The Morgan fingerprint density at radius 1 is 0.375 bits per heavy atom. The maximum absolute atomic E-state index is 14.5. The minimum absolute atomic E-state index is 0.347. The zero-order chi connectivity index (χ0) is 26.9. The highest BCUT2D eigenvalue weighted by molar-refractivity contribution is 7.36. The quantitative estimate of drug-likeness (QED) is 0.0925. The van der Waals surface area contributed by atoms with Gasteiger partial charge in [0.1, 0.15) is 23.3 Å². The van der Waals surface area contributed by atoms with E-state index >= 15 is 0 Å². The van der Waals surface area contributed by atoms with Crippen molar-refractivity contribution in [1.29, 1.82) is 0 Å². The normalized spacial score (nSPS) is 12.5. The standard InChI is InChI=1S/C30H12F4N2S4/c31-13-1-5-17-21(9-13)37-27-25-28(38-22-10-14(32)2-6-18(22)35(17)25)30-26-29(27)39-23-11-15(33)3-7-19(23)36(26)20-8-4-16(34)12-24(20)40-30/h1-12H. The first-order valence-corrected chi connectivity index (χ1v) is 15.4. The lowest BCUT2D eigenvalue weighted by Crippen LogP contribution is -1.99. The predicted molar refractivity (Wildman–Crippen MR) is 162 cm³/mol. The van der Waals surface area contributed by atoms with Crippen LogP contribution in [0.4, 0.5) is 17.6 Å². The third-order valence-electron chi connectivity index (χ3n) is 7.22. The van der Waals surface area contributed by atoms with Gasteiger partial charge in [-0.3, -0.25) is 0 Å². The number of fused-ring (bicyclic) bond motifs is 10. The van der Waals surface area contributed by atoms with Gasteiger partial charge in [-0.1, -0.05) is 0 Å². The Kier molecular flexibility index (Phi) is 4.58.